The first-order valence-corrected chi connectivity index (χ1v) is 18.5. The Morgan fingerprint density at radius 2 is 1.47 bits per heavy atom. The lowest BCUT2D eigenvalue weighted by Crippen LogP contribution is -2.09. The van der Waals surface area contributed by atoms with E-state index in [2.05, 4.69) is 12.1 Å². The molecule has 0 atom stereocenters. The van der Waals surface area contributed by atoms with E-state index in [0.717, 1.165) is 24.0 Å². The summed E-state index contributed by atoms with van der Waals surface area (Å²) in [5.41, 5.74) is 4.37. The molecule has 9 nitrogen and oxygen atoms in total. The Kier molecular flexibility index (Phi) is 13.0. The number of methoxy groups -OCH3 is 2. The summed E-state index contributed by atoms with van der Waals surface area (Å²) in [6.07, 6.45) is 6.64. The third kappa shape index (κ3) is 9.84. The molecule has 0 radical (unpaired) electrons. The van der Waals surface area contributed by atoms with Crippen LogP contribution in [0, 0.1) is 22.7 Å². The molecule has 0 amide bonds. The lowest BCUT2D eigenvalue weighted by atomic mass is 10.0. The van der Waals surface area contributed by atoms with E-state index in [4.69, 9.17) is 18.5 Å². The predicted octanol–water partition coefficient (Wildman–Crippen LogP) is 9.81. The third-order valence-corrected chi connectivity index (χ3v) is 10.4. The number of ether oxygens (including phenoxy) is 2. The molecule has 0 aliphatic carbocycles. The number of allylic oxidation sites excluding steroid dienone is 1. The van der Waals surface area contributed by atoms with E-state index in [1.165, 1.54) is 7.11 Å². The maximum Gasteiger partial charge on any atom is 0.331 e. The van der Waals surface area contributed by atoms with Gasteiger partial charge in [-0.25, -0.2) is 0 Å². The van der Waals surface area contributed by atoms with Crippen LogP contribution in [0.15, 0.2) is 103 Å². The van der Waals surface area contributed by atoms with Crippen molar-refractivity contribution in [2.24, 2.45) is 0 Å². The van der Waals surface area contributed by atoms with Gasteiger partial charge in [-0.2, -0.15) is 10.5 Å². The van der Waals surface area contributed by atoms with Gasteiger partial charge in [0.1, 0.15) is 11.5 Å². The first-order chi connectivity index (χ1) is 24.9. The number of carbonyl (C=O) groups is 1. The van der Waals surface area contributed by atoms with Gasteiger partial charge in [0.15, 0.2) is 0 Å². The molecule has 1 aromatic heterocycles. The third-order valence-electron chi connectivity index (χ3n) is 8.46. The van der Waals surface area contributed by atoms with Gasteiger partial charge in [0.25, 0.3) is 0 Å². The van der Waals surface area contributed by atoms with Gasteiger partial charge in [-0.15, -0.1) is 0 Å². The summed E-state index contributed by atoms with van der Waals surface area (Å²) in [6.45, 7) is 0.392. The van der Waals surface area contributed by atoms with Gasteiger partial charge in [-0.05, 0) is 60.4 Å². The van der Waals surface area contributed by atoms with Gasteiger partial charge in [0.05, 0.1) is 62.4 Å². The average molecular weight is 702 g/mol. The number of aromatic nitrogens is 1. The van der Waals surface area contributed by atoms with Gasteiger partial charge in [0.2, 0.25) is 5.91 Å². The van der Waals surface area contributed by atoms with E-state index in [1.807, 2.05) is 66.7 Å². The van der Waals surface area contributed by atoms with Crippen LogP contribution in [0.1, 0.15) is 64.7 Å². The van der Waals surface area contributed by atoms with E-state index >= 15 is 0 Å². The van der Waals surface area contributed by atoms with Gasteiger partial charge in [0, 0.05) is 35.2 Å². The SMILES string of the molecule is COc1ccc2c(/C(C#N)=C/c3cc(C#N)ccc3OC)cn(C(=O)CCCCCCP(=O)(OCc3ccccc3)OCc3ccccc3)c2c1. The van der Waals surface area contributed by atoms with Crippen LogP contribution in [0.4, 0.5) is 0 Å². The van der Waals surface area contributed by atoms with Crippen molar-refractivity contribution >= 4 is 36.1 Å². The highest BCUT2D eigenvalue weighted by Crippen LogP contribution is 2.50. The van der Waals surface area contributed by atoms with Crippen LogP contribution in [0.5, 0.6) is 11.5 Å². The molecule has 0 saturated heterocycles. The topological polar surface area (TPSA) is 124 Å². The zero-order valence-electron chi connectivity index (χ0n) is 28.8. The highest BCUT2D eigenvalue weighted by atomic mass is 31.2. The Morgan fingerprint density at radius 1 is 0.804 bits per heavy atom. The number of benzene rings is 4. The number of nitriles is 2. The fourth-order valence-corrected chi connectivity index (χ4v) is 7.35. The monoisotopic (exact) mass is 701 g/mol. The van der Waals surface area contributed by atoms with Crippen molar-refractivity contribution in [1.29, 1.82) is 10.5 Å². The second-order valence-corrected chi connectivity index (χ2v) is 14.1. The number of unbranched alkanes of at least 4 members (excludes halogenated alkanes) is 3. The zero-order valence-corrected chi connectivity index (χ0v) is 29.7. The molecule has 5 aromatic rings. The van der Waals surface area contributed by atoms with Crippen molar-refractivity contribution < 1.29 is 27.9 Å². The molecule has 5 rings (SSSR count). The van der Waals surface area contributed by atoms with E-state index in [1.54, 1.807) is 54.3 Å². The van der Waals surface area contributed by atoms with Crippen LogP contribution in [0.25, 0.3) is 22.6 Å². The quantitative estimate of drug-likeness (QED) is 0.0533. The van der Waals surface area contributed by atoms with Crippen molar-refractivity contribution in [2.45, 2.75) is 45.3 Å². The molecular weight excluding hydrogens is 661 g/mol. The lowest BCUT2D eigenvalue weighted by molar-refractivity contribution is 0.0904. The summed E-state index contributed by atoms with van der Waals surface area (Å²) in [5, 5.41) is 20.4. The van der Waals surface area contributed by atoms with Gasteiger partial charge in [-0.1, -0.05) is 73.5 Å². The molecule has 0 bridgehead atoms. The fraction of sp³-hybridized carbons (Fsp3) is 0.244. The van der Waals surface area contributed by atoms with Gasteiger partial charge < -0.3 is 18.5 Å². The summed E-state index contributed by atoms with van der Waals surface area (Å²) in [7, 11) is -0.297. The van der Waals surface area contributed by atoms with Crippen molar-refractivity contribution in [3.8, 4) is 23.6 Å². The predicted molar refractivity (Wildman–Crippen MR) is 198 cm³/mol. The van der Waals surface area contributed by atoms with Crippen LogP contribution in [-0.2, 0) is 26.8 Å². The number of carbonyl (C=O) groups excluding carboxylic acids is 1. The maximum absolute atomic E-state index is 13.8. The lowest BCUT2D eigenvalue weighted by Gasteiger charge is -2.19. The Hall–Kier alpha value is -5.44. The van der Waals surface area contributed by atoms with Gasteiger partial charge in [-0.3, -0.25) is 13.9 Å². The van der Waals surface area contributed by atoms with Crippen molar-refractivity contribution in [3.63, 3.8) is 0 Å². The van der Waals surface area contributed by atoms with Crippen molar-refractivity contribution in [3.05, 3.63) is 131 Å². The Morgan fingerprint density at radius 3 is 2.08 bits per heavy atom. The summed E-state index contributed by atoms with van der Waals surface area (Å²) >= 11 is 0. The largest absolute Gasteiger partial charge is 0.497 e. The highest BCUT2D eigenvalue weighted by Gasteiger charge is 2.25. The summed E-state index contributed by atoms with van der Waals surface area (Å²) in [5.74, 6) is 0.981. The molecule has 10 heteroatoms. The molecule has 0 spiro atoms. The van der Waals surface area contributed by atoms with Crippen LogP contribution < -0.4 is 9.47 Å². The van der Waals surface area contributed by atoms with Crippen molar-refractivity contribution in [1.82, 2.24) is 4.57 Å². The van der Waals surface area contributed by atoms with Crippen LogP contribution >= 0.6 is 7.60 Å². The summed E-state index contributed by atoms with van der Waals surface area (Å²) in [4.78, 5) is 13.6. The zero-order chi connectivity index (χ0) is 36.1. The van der Waals surface area contributed by atoms with Crippen LogP contribution in [-0.4, -0.2) is 30.9 Å². The van der Waals surface area contributed by atoms with Gasteiger partial charge >= 0.3 is 7.60 Å². The first-order valence-electron chi connectivity index (χ1n) is 16.7. The molecule has 0 aliphatic rings. The minimum absolute atomic E-state index is 0.121. The number of hydrogen-bond acceptors (Lipinski definition) is 8. The maximum atomic E-state index is 13.8. The molecule has 4 aromatic carbocycles. The van der Waals surface area contributed by atoms with Crippen LogP contribution in [0.3, 0.4) is 0 Å². The van der Waals surface area contributed by atoms with Crippen LogP contribution in [0.2, 0.25) is 0 Å². The molecule has 51 heavy (non-hydrogen) atoms. The number of fused-ring (bicyclic) bond motifs is 1. The minimum Gasteiger partial charge on any atom is -0.497 e. The number of nitrogens with zero attached hydrogens (tertiary/aromatic N) is 3. The molecule has 1 heterocycles. The Labute approximate surface area is 298 Å². The Bertz CT molecular complexity index is 2070. The first kappa shape index (κ1) is 36.8. The summed E-state index contributed by atoms with van der Waals surface area (Å²) < 4.78 is 38.1. The van der Waals surface area contributed by atoms with E-state index in [0.29, 0.717) is 57.5 Å². The molecule has 260 valence electrons. The molecule has 0 fully saturated rings. The summed E-state index contributed by atoms with van der Waals surface area (Å²) in [6, 6.07) is 34.0. The van der Waals surface area contributed by atoms with Crippen molar-refractivity contribution in [2.75, 3.05) is 20.4 Å². The fourth-order valence-electron chi connectivity index (χ4n) is 5.71. The minimum atomic E-state index is -3.38. The smallest absolute Gasteiger partial charge is 0.331 e. The molecule has 0 saturated carbocycles. The Balaban J connectivity index is 1.24. The number of rotatable bonds is 17. The average Bonchev–Trinajstić information content (AvgIpc) is 3.56. The molecule has 0 unspecified atom stereocenters. The standard InChI is InChI=1S/C41H40N3O6P/c1-47-36-19-20-37-38(35(27-43)24-34-23-33(26-42)18-21-40(34)48-2)28-44(39(37)25-36)41(45)17-11-3-4-12-22-51(46,49-29-31-13-7-5-8-14-31)50-30-32-15-9-6-10-16-32/h5-10,13-16,18-21,23-25,28H,3-4,11-12,17,22,29-30H2,1-2H3/b35-24+. The molecule has 0 aliphatic heterocycles. The van der Waals surface area contributed by atoms with E-state index in [-0.39, 0.29) is 31.7 Å². The van der Waals surface area contributed by atoms with E-state index < -0.39 is 7.60 Å². The van der Waals surface area contributed by atoms with E-state index in [9.17, 15) is 19.9 Å². The normalized spacial score (nSPS) is 11.6. The second kappa shape index (κ2) is 18.0. The second-order valence-electron chi connectivity index (χ2n) is 11.9. The highest BCUT2D eigenvalue weighted by molar-refractivity contribution is 7.53. The molecule has 0 N–H and O–H groups in total. The number of hydrogen-bond donors (Lipinski definition) is 0. The molecular formula is C41H40N3O6P.